The third-order valence-corrected chi connectivity index (χ3v) is 3.47. The zero-order valence-corrected chi connectivity index (χ0v) is 13.1. The van der Waals surface area contributed by atoms with Crippen LogP contribution in [0, 0.1) is 0 Å². The predicted molar refractivity (Wildman–Crippen MR) is 86.1 cm³/mol. The van der Waals surface area contributed by atoms with Gasteiger partial charge in [-0.05, 0) is 18.9 Å². The van der Waals surface area contributed by atoms with Crippen LogP contribution in [0.2, 0.25) is 0 Å². The highest BCUT2D eigenvalue weighted by Gasteiger charge is 2.14. The van der Waals surface area contributed by atoms with Crippen LogP contribution in [0.25, 0.3) is 0 Å². The van der Waals surface area contributed by atoms with Crippen molar-refractivity contribution >= 4 is 5.96 Å². The van der Waals surface area contributed by atoms with Crippen LogP contribution in [0.1, 0.15) is 18.4 Å². The van der Waals surface area contributed by atoms with Gasteiger partial charge in [0.2, 0.25) is 0 Å². The van der Waals surface area contributed by atoms with E-state index in [-0.39, 0.29) is 6.10 Å². The number of guanidine groups is 1. The summed E-state index contributed by atoms with van der Waals surface area (Å²) in [6.45, 7) is 3.11. The topological polar surface area (TPSA) is 78.1 Å². The maximum atomic E-state index is 5.89. The fraction of sp³-hybridized carbons (Fsp3) is 0.562. The van der Waals surface area contributed by atoms with E-state index in [1.165, 1.54) is 0 Å². The van der Waals surface area contributed by atoms with Crippen LogP contribution in [-0.2, 0) is 16.0 Å². The van der Waals surface area contributed by atoms with Gasteiger partial charge in [-0.3, -0.25) is 0 Å². The molecule has 1 atom stereocenters. The lowest BCUT2D eigenvalue weighted by Gasteiger charge is -2.12. The summed E-state index contributed by atoms with van der Waals surface area (Å²) in [4.78, 5) is 4.36. The summed E-state index contributed by atoms with van der Waals surface area (Å²) >= 11 is 0. The van der Waals surface area contributed by atoms with Crippen molar-refractivity contribution in [1.29, 1.82) is 0 Å². The summed E-state index contributed by atoms with van der Waals surface area (Å²) in [5.41, 5.74) is 6.89. The number of methoxy groups -OCH3 is 1. The largest absolute Gasteiger partial charge is 0.491 e. The van der Waals surface area contributed by atoms with Crippen LogP contribution >= 0.6 is 0 Å². The first-order chi connectivity index (χ1) is 10.8. The van der Waals surface area contributed by atoms with E-state index in [9.17, 15) is 0 Å². The molecule has 1 aliphatic rings. The van der Waals surface area contributed by atoms with Gasteiger partial charge in [0.05, 0.1) is 19.3 Å². The van der Waals surface area contributed by atoms with Crippen LogP contribution < -0.4 is 15.8 Å². The first-order valence-corrected chi connectivity index (χ1v) is 7.64. The molecule has 3 N–H and O–H groups in total. The van der Waals surface area contributed by atoms with E-state index < -0.39 is 0 Å². The van der Waals surface area contributed by atoms with Gasteiger partial charge in [0.25, 0.3) is 0 Å². The highest BCUT2D eigenvalue weighted by atomic mass is 16.5. The summed E-state index contributed by atoms with van der Waals surface area (Å²) in [5, 5.41) is 3.11. The van der Waals surface area contributed by atoms with Gasteiger partial charge < -0.3 is 25.3 Å². The van der Waals surface area contributed by atoms with E-state index in [1.54, 1.807) is 7.11 Å². The van der Waals surface area contributed by atoms with E-state index in [0.717, 1.165) is 30.8 Å². The van der Waals surface area contributed by atoms with Crippen molar-refractivity contribution < 1.29 is 14.2 Å². The molecule has 0 spiro atoms. The van der Waals surface area contributed by atoms with Crippen molar-refractivity contribution in [3.05, 3.63) is 29.8 Å². The number of para-hydroxylation sites is 1. The number of hydrogen-bond acceptors (Lipinski definition) is 4. The lowest BCUT2D eigenvalue weighted by atomic mass is 10.2. The Bertz CT molecular complexity index is 473. The molecule has 0 saturated carbocycles. The minimum Gasteiger partial charge on any atom is -0.491 e. The van der Waals surface area contributed by atoms with Gasteiger partial charge in [0, 0.05) is 25.8 Å². The van der Waals surface area contributed by atoms with Gasteiger partial charge in [-0.15, -0.1) is 0 Å². The first kappa shape index (κ1) is 16.6. The van der Waals surface area contributed by atoms with Crippen LogP contribution in [0.3, 0.4) is 0 Å². The smallest absolute Gasteiger partial charge is 0.189 e. The molecule has 6 heteroatoms. The second-order valence-corrected chi connectivity index (χ2v) is 5.17. The molecular weight excluding hydrogens is 282 g/mol. The normalized spacial score (nSPS) is 18.4. The number of benzene rings is 1. The number of rotatable bonds is 8. The number of nitrogens with one attached hydrogen (secondary N) is 1. The third-order valence-electron chi connectivity index (χ3n) is 3.47. The third kappa shape index (κ3) is 5.54. The van der Waals surface area contributed by atoms with E-state index in [1.807, 2.05) is 24.3 Å². The molecule has 1 aromatic rings. The SMILES string of the molecule is COCCOc1ccccc1CN=C(N)NCC1CCCO1. The van der Waals surface area contributed by atoms with Gasteiger partial charge in [-0.25, -0.2) is 4.99 Å². The van der Waals surface area contributed by atoms with Crippen molar-refractivity contribution in [3.8, 4) is 5.75 Å². The number of ether oxygens (including phenoxy) is 3. The van der Waals surface area contributed by atoms with Gasteiger partial charge in [-0.1, -0.05) is 18.2 Å². The Morgan fingerprint density at radius 2 is 2.27 bits per heavy atom. The van der Waals surface area contributed by atoms with E-state index in [4.69, 9.17) is 19.9 Å². The maximum Gasteiger partial charge on any atom is 0.189 e. The lowest BCUT2D eigenvalue weighted by Crippen LogP contribution is -2.37. The van der Waals surface area contributed by atoms with Gasteiger partial charge in [0.1, 0.15) is 12.4 Å². The molecule has 1 fully saturated rings. The maximum absolute atomic E-state index is 5.89. The van der Waals surface area contributed by atoms with Gasteiger partial charge in [0.15, 0.2) is 5.96 Å². The molecule has 0 radical (unpaired) electrons. The monoisotopic (exact) mass is 307 g/mol. The average Bonchev–Trinajstić information content (AvgIpc) is 3.05. The molecule has 1 aliphatic heterocycles. The minimum atomic E-state index is 0.249. The lowest BCUT2D eigenvalue weighted by molar-refractivity contribution is 0.114. The second kappa shape index (κ2) is 9.27. The summed E-state index contributed by atoms with van der Waals surface area (Å²) in [6, 6.07) is 7.81. The summed E-state index contributed by atoms with van der Waals surface area (Å²) in [7, 11) is 1.65. The summed E-state index contributed by atoms with van der Waals surface area (Å²) in [5.74, 6) is 1.25. The molecule has 0 bridgehead atoms. The number of nitrogens with two attached hydrogens (primary N) is 1. The number of hydrogen-bond donors (Lipinski definition) is 2. The zero-order chi connectivity index (χ0) is 15.6. The molecule has 1 unspecified atom stereocenters. The van der Waals surface area contributed by atoms with Crippen LogP contribution in [0.5, 0.6) is 5.75 Å². The highest BCUT2D eigenvalue weighted by Crippen LogP contribution is 2.18. The van der Waals surface area contributed by atoms with Crippen molar-refractivity contribution in [2.24, 2.45) is 10.7 Å². The molecule has 1 heterocycles. The molecule has 122 valence electrons. The van der Waals surface area contributed by atoms with Crippen molar-refractivity contribution in [2.45, 2.75) is 25.5 Å². The quantitative estimate of drug-likeness (QED) is 0.430. The van der Waals surface area contributed by atoms with Crippen LogP contribution in [-0.4, -0.2) is 45.5 Å². The zero-order valence-electron chi connectivity index (χ0n) is 13.1. The summed E-state index contributed by atoms with van der Waals surface area (Å²) in [6.07, 6.45) is 2.45. The molecule has 1 saturated heterocycles. The molecule has 6 nitrogen and oxygen atoms in total. The van der Waals surface area contributed by atoms with Crippen molar-refractivity contribution in [1.82, 2.24) is 5.32 Å². The summed E-state index contributed by atoms with van der Waals surface area (Å²) < 4.78 is 16.2. The van der Waals surface area contributed by atoms with E-state index >= 15 is 0 Å². The Morgan fingerprint density at radius 3 is 3.05 bits per heavy atom. The minimum absolute atomic E-state index is 0.249. The molecule has 2 rings (SSSR count). The molecular formula is C16H25N3O3. The fourth-order valence-electron chi connectivity index (χ4n) is 2.26. The van der Waals surface area contributed by atoms with E-state index in [0.29, 0.717) is 32.3 Å². The molecule has 0 amide bonds. The van der Waals surface area contributed by atoms with Gasteiger partial charge >= 0.3 is 0 Å². The van der Waals surface area contributed by atoms with E-state index in [2.05, 4.69) is 10.3 Å². The molecule has 22 heavy (non-hydrogen) atoms. The van der Waals surface area contributed by atoms with Crippen LogP contribution in [0.15, 0.2) is 29.3 Å². The average molecular weight is 307 g/mol. The molecule has 1 aromatic carbocycles. The van der Waals surface area contributed by atoms with Crippen molar-refractivity contribution in [2.75, 3.05) is 33.5 Å². The molecule has 0 aromatic heterocycles. The Hall–Kier alpha value is -1.79. The fourth-order valence-corrected chi connectivity index (χ4v) is 2.26. The number of nitrogens with zero attached hydrogens (tertiary/aromatic N) is 1. The Morgan fingerprint density at radius 1 is 1.41 bits per heavy atom. The molecule has 0 aliphatic carbocycles. The standard InChI is InChI=1S/C16H25N3O3/c1-20-9-10-22-15-7-3-2-5-13(15)11-18-16(17)19-12-14-6-4-8-21-14/h2-3,5,7,14H,4,6,8-12H2,1H3,(H3,17,18,19). The Labute approximate surface area is 131 Å². The highest BCUT2D eigenvalue weighted by molar-refractivity contribution is 5.77. The Kier molecular flexibility index (Phi) is 6.99. The first-order valence-electron chi connectivity index (χ1n) is 7.64. The predicted octanol–water partition coefficient (Wildman–Crippen LogP) is 1.30. The van der Waals surface area contributed by atoms with Crippen LogP contribution in [0.4, 0.5) is 0 Å². The number of aliphatic imine (C=N–C) groups is 1. The second-order valence-electron chi connectivity index (χ2n) is 5.17. The van der Waals surface area contributed by atoms with Gasteiger partial charge in [-0.2, -0.15) is 0 Å². The van der Waals surface area contributed by atoms with Crippen molar-refractivity contribution in [3.63, 3.8) is 0 Å². The Balaban J connectivity index is 1.82.